The molecular weight excluding hydrogens is 202 g/mol. The third-order valence-electron chi connectivity index (χ3n) is 1.50. The number of para-hydroxylation sites is 1. The highest BCUT2D eigenvalue weighted by molar-refractivity contribution is 9.09. The molecule has 1 rings (SSSR count). The lowest BCUT2D eigenvalue weighted by molar-refractivity contribution is 1.27. The van der Waals surface area contributed by atoms with Gasteiger partial charge in [0.05, 0.1) is 4.83 Å². The van der Waals surface area contributed by atoms with Crippen molar-refractivity contribution < 1.29 is 0 Å². The molecule has 58 valence electrons. The second kappa shape index (κ2) is 3.58. The zero-order chi connectivity index (χ0) is 8.27. The van der Waals surface area contributed by atoms with Crippen LogP contribution in [0.15, 0.2) is 36.9 Å². The van der Waals surface area contributed by atoms with Crippen LogP contribution in [-0.4, -0.2) is 0 Å². The van der Waals surface area contributed by atoms with Crippen molar-refractivity contribution in [2.24, 2.45) is 0 Å². The fraction of sp³-hybridized carbons (Fsp3) is 0.111. The molecule has 1 aromatic rings. The maximum absolute atomic E-state index is 5.72. The SMILES string of the molecule is C=CC(Br)c1ccccc1N. The molecule has 2 heteroatoms. The normalized spacial score (nSPS) is 12.5. The van der Waals surface area contributed by atoms with E-state index in [9.17, 15) is 0 Å². The lowest BCUT2D eigenvalue weighted by Gasteiger charge is -2.06. The molecule has 1 unspecified atom stereocenters. The third-order valence-corrected chi connectivity index (χ3v) is 2.37. The molecule has 0 saturated carbocycles. The summed E-state index contributed by atoms with van der Waals surface area (Å²) in [6, 6.07) is 7.74. The highest BCUT2D eigenvalue weighted by atomic mass is 79.9. The van der Waals surface area contributed by atoms with E-state index < -0.39 is 0 Å². The number of halogens is 1. The summed E-state index contributed by atoms with van der Waals surface area (Å²) in [5.41, 5.74) is 7.59. The molecule has 0 aliphatic rings. The van der Waals surface area contributed by atoms with E-state index in [1.165, 1.54) is 0 Å². The smallest absolute Gasteiger partial charge is 0.0592 e. The first kappa shape index (κ1) is 8.34. The van der Waals surface area contributed by atoms with Crippen molar-refractivity contribution in [3.63, 3.8) is 0 Å². The van der Waals surface area contributed by atoms with Crippen molar-refractivity contribution in [1.29, 1.82) is 0 Å². The molecule has 0 aromatic heterocycles. The fourth-order valence-electron chi connectivity index (χ4n) is 0.889. The van der Waals surface area contributed by atoms with Gasteiger partial charge in [-0.1, -0.05) is 40.2 Å². The molecule has 2 N–H and O–H groups in total. The van der Waals surface area contributed by atoms with Crippen LogP contribution in [0.25, 0.3) is 0 Å². The van der Waals surface area contributed by atoms with Crippen molar-refractivity contribution in [1.82, 2.24) is 0 Å². The van der Waals surface area contributed by atoms with Gasteiger partial charge in [-0.3, -0.25) is 0 Å². The first-order chi connectivity index (χ1) is 5.25. The Kier molecular flexibility index (Phi) is 2.71. The van der Waals surface area contributed by atoms with E-state index in [2.05, 4.69) is 22.5 Å². The number of alkyl halides is 1. The van der Waals surface area contributed by atoms with Crippen LogP contribution >= 0.6 is 15.9 Å². The predicted octanol–water partition coefficient (Wildman–Crippen LogP) is 2.89. The van der Waals surface area contributed by atoms with Gasteiger partial charge in [0.15, 0.2) is 0 Å². The zero-order valence-corrected chi connectivity index (χ0v) is 7.71. The first-order valence-electron chi connectivity index (χ1n) is 3.36. The number of hydrogen-bond donors (Lipinski definition) is 1. The average Bonchev–Trinajstić information content (AvgIpc) is 2.04. The summed E-state index contributed by atoms with van der Waals surface area (Å²) in [6.07, 6.45) is 1.81. The average molecular weight is 212 g/mol. The zero-order valence-electron chi connectivity index (χ0n) is 6.13. The summed E-state index contributed by atoms with van der Waals surface area (Å²) in [7, 11) is 0. The topological polar surface area (TPSA) is 26.0 Å². The Labute approximate surface area is 75.0 Å². The summed E-state index contributed by atoms with van der Waals surface area (Å²) < 4.78 is 0. The predicted molar refractivity (Wildman–Crippen MR) is 52.7 cm³/mol. The van der Waals surface area contributed by atoms with E-state index >= 15 is 0 Å². The second-order valence-electron chi connectivity index (χ2n) is 2.27. The van der Waals surface area contributed by atoms with Crippen molar-refractivity contribution in [2.75, 3.05) is 5.73 Å². The van der Waals surface area contributed by atoms with Gasteiger partial charge in [-0.2, -0.15) is 0 Å². The largest absolute Gasteiger partial charge is 0.398 e. The number of benzene rings is 1. The van der Waals surface area contributed by atoms with E-state index in [0.717, 1.165) is 11.3 Å². The molecule has 1 nitrogen and oxygen atoms in total. The van der Waals surface area contributed by atoms with Crippen molar-refractivity contribution in [2.45, 2.75) is 4.83 Å². The number of nitrogens with two attached hydrogens (primary N) is 1. The van der Waals surface area contributed by atoms with E-state index in [1.54, 1.807) is 0 Å². The van der Waals surface area contributed by atoms with Gasteiger partial charge in [-0.15, -0.1) is 6.58 Å². The molecule has 1 aromatic carbocycles. The maximum atomic E-state index is 5.72. The lowest BCUT2D eigenvalue weighted by Crippen LogP contribution is -1.93. The summed E-state index contributed by atoms with van der Waals surface area (Å²) in [4.78, 5) is 0.156. The van der Waals surface area contributed by atoms with Crippen LogP contribution in [0.1, 0.15) is 10.4 Å². The summed E-state index contributed by atoms with van der Waals surface area (Å²) in [5.74, 6) is 0. The summed E-state index contributed by atoms with van der Waals surface area (Å²) in [6.45, 7) is 3.68. The van der Waals surface area contributed by atoms with Gasteiger partial charge in [0.2, 0.25) is 0 Å². The van der Waals surface area contributed by atoms with Gasteiger partial charge in [-0.05, 0) is 11.6 Å². The molecule has 0 bridgehead atoms. The van der Waals surface area contributed by atoms with Gasteiger partial charge in [0.25, 0.3) is 0 Å². The van der Waals surface area contributed by atoms with E-state index in [1.807, 2.05) is 30.3 Å². The molecule has 0 aliphatic carbocycles. The van der Waals surface area contributed by atoms with Crippen LogP contribution in [0.5, 0.6) is 0 Å². The highest BCUT2D eigenvalue weighted by Crippen LogP contribution is 2.27. The van der Waals surface area contributed by atoms with E-state index in [4.69, 9.17) is 5.73 Å². The molecular formula is C9H10BrN. The first-order valence-corrected chi connectivity index (χ1v) is 4.28. The molecule has 0 aliphatic heterocycles. The quantitative estimate of drug-likeness (QED) is 0.455. The Bertz CT molecular complexity index is 257. The number of nitrogen functional groups attached to an aromatic ring is 1. The molecule has 1 atom stereocenters. The highest BCUT2D eigenvalue weighted by Gasteiger charge is 2.04. The Balaban J connectivity index is 3.02. The summed E-state index contributed by atoms with van der Waals surface area (Å²) in [5, 5.41) is 0. The number of allylic oxidation sites excluding steroid dienone is 1. The molecule has 0 saturated heterocycles. The minimum absolute atomic E-state index is 0.156. The van der Waals surface area contributed by atoms with Crippen LogP contribution in [0.3, 0.4) is 0 Å². The number of hydrogen-bond acceptors (Lipinski definition) is 1. The van der Waals surface area contributed by atoms with Crippen molar-refractivity contribution >= 4 is 21.6 Å². The standard InChI is InChI=1S/C9H10BrN/c1-2-8(10)7-5-3-4-6-9(7)11/h2-6,8H,1,11H2. The molecule has 0 amide bonds. The lowest BCUT2D eigenvalue weighted by atomic mass is 10.1. The third kappa shape index (κ3) is 1.84. The van der Waals surface area contributed by atoms with E-state index in [0.29, 0.717) is 0 Å². The number of anilines is 1. The Hall–Kier alpha value is -0.760. The van der Waals surface area contributed by atoms with Gasteiger partial charge in [0, 0.05) is 5.69 Å². The van der Waals surface area contributed by atoms with E-state index in [-0.39, 0.29) is 4.83 Å². The van der Waals surface area contributed by atoms with Gasteiger partial charge in [-0.25, -0.2) is 0 Å². The molecule has 0 fully saturated rings. The van der Waals surface area contributed by atoms with Crippen LogP contribution in [0.2, 0.25) is 0 Å². The molecule has 0 heterocycles. The molecule has 0 radical (unpaired) electrons. The minimum atomic E-state index is 0.156. The van der Waals surface area contributed by atoms with Crippen LogP contribution in [-0.2, 0) is 0 Å². The van der Waals surface area contributed by atoms with Crippen molar-refractivity contribution in [3.05, 3.63) is 42.5 Å². The minimum Gasteiger partial charge on any atom is -0.398 e. The Morgan fingerprint density at radius 2 is 2.09 bits per heavy atom. The molecule has 11 heavy (non-hydrogen) atoms. The summed E-state index contributed by atoms with van der Waals surface area (Å²) >= 11 is 3.44. The van der Waals surface area contributed by atoms with Gasteiger partial charge < -0.3 is 5.73 Å². The Morgan fingerprint density at radius 1 is 1.45 bits per heavy atom. The van der Waals surface area contributed by atoms with Gasteiger partial charge >= 0.3 is 0 Å². The maximum Gasteiger partial charge on any atom is 0.0592 e. The molecule has 0 spiro atoms. The van der Waals surface area contributed by atoms with Gasteiger partial charge in [0.1, 0.15) is 0 Å². The Morgan fingerprint density at radius 3 is 2.64 bits per heavy atom. The number of rotatable bonds is 2. The monoisotopic (exact) mass is 211 g/mol. The van der Waals surface area contributed by atoms with Crippen LogP contribution < -0.4 is 5.73 Å². The second-order valence-corrected chi connectivity index (χ2v) is 3.25. The van der Waals surface area contributed by atoms with Crippen molar-refractivity contribution in [3.8, 4) is 0 Å². The van der Waals surface area contributed by atoms with Crippen LogP contribution in [0.4, 0.5) is 5.69 Å². The van der Waals surface area contributed by atoms with Crippen LogP contribution in [0, 0.1) is 0 Å². The fourth-order valence-corrected chi connectivity index (χ4v) is 1.31.